The molecule has 1 aliphatic carbocycles. The molecule has 9 aromatic rings. The van der Waals surface area contributed by atoms with Gasteiger partial charge in [-0.1, -0.05) is 147 Å². The summed E-state index contributed by atoms with van der Waals surface area (Å²) in [5.74, 6) is 1.93. The fraction of sp³-hybridized carbons (Fsp3) is 0.0625. The zero-order valence-corrected chi connectivity index (χ0v) is 28.8. The van der Waals surface area contributed by atoms with Crippen molar-refractivity contribution in [1.29, 1.82) is 0 Å². The predicted molar refractivity (Wildman–Crippen MR) is 212 cm³/mol. The quantitative estimate of drug-likeness (QED) is 0.183. The molecule has 0 amide bonds. The van der Waals surface area contributed by atoms with Crippen LogP contribution in [0.1, 0.15) is 25.0 Å². The number of rotatable bonds is 5. The van der Waals surface area contributed by atoms with Crippen LogP contribution in [0.15, 0.2) is 168 Å². The standard InChI is InChI=1S/C48H33N3O/c1-48(2)41-25-24-35(27-38(41)39-28-40-37-18-9-10-19-43(37)52-44(40)29-42(39)48)34-16-11-17-36(26-34)47-50-45(32-14-7-4-8-15-32)49-46(51-47)33-22-20-31(21-23-33)30-12-5-3-6-13-30/h3-29H,1-2H3. The zero-order chi connectivity index (χ0) is 34.8. The number of benzene rings is 7. The van der Waals surface area contributed by atoms with Crippen LogP contribution in [0, 0.1) is 0 Å². The molecule has 0 fully saturated rings. The highest BCUT2D eigenvalue weighted by Gasteiger charge is 2.36. The summed E-state index contributed by atoms with van der Waals surface area (Å²) in [7, 11) is 0. The Bertz CT molecular complexity index is 2800. The van der Waals surface area contributed by atoms with Crippen LogP contribution >= 0.6 is 0 Å². The van der Waals surface area contributed by atoms with Crippen molar-refractivity contribution in [2.24, 2.45) is 0 Å². The van der Waals surface area contributed by atoms with E-state index in [4.69, 9.17) is 19.4 Å². The van der Waals surface area contributed by atoms with Crippen LogP contribution in [0.4, 0.5) is 0 Å². The molecule has 0 atom stereocenters. The highest BCUT2D eigenvalue weighted by Crippen LogP contribution is 2.51. The largest absolute Gasteiger partial charge is 0.456 e. The molecule has 10 rings (SSSR count). The Morgan fingerprint density at radius 2 is 0.885 bits per heavy atom. The lowest BCUT2D eigenvalue weighted by Crippen LogP contribution is -2.14. The van der Waals surface area contributed by atoms with E-state index in [9.17, 15) is 0 Å². The topological polar surface area (TPSA) is 51.8 Å². The Kier molecular flexibility index (Phi) is 6.80. The van der Waals surface area contributed by atoms with E-state index in [1.54, 1.807) is 0 Å². The first-order valence-electron chi connectivity index (χ1n) is 17.7. The minimum Gasteiger partial charge on any atom is -0.456 e. The van der Waals surface area contributed by atoms with E-state index in [1.807, 2.05) is 48.5 Å². The van der Waals surface area contributed by atoms with Crippen molar-refractivity contribution in [3.63, 3.8) is 0 Å². The number of hydrogen-bond acceptors (Lipinski definition) is 4. The summed E-state index contributed by atoms with van der Waals surface area (Å²) in [4.78, 5) is 15.0. The van der Waals surface area contributed by atoms with Crippen molar-refractivity contribution in [2.75, 3.05) is 0 Å². The van der Waals surface area contributed by atoms with Crippen LogP contribution < -0.4 is 0 Å². The van der Waals surface area contributed by atoms with Crippen molar-refractivity contribution in [2.45, 2.75) is 19.3 Å². The van der Waals surface area contributed by atoms with E-state index >= 15 is 0 Å². The summed E-state index contributed by atoms with van der Waals surface area (Å²) in [6.45, 7) is 4.62. The molecule has 0 spiro atoms. The van der Waals surface area contributed by atoms with Gasteiger partial charge in [-0.2, -0.15) is 0 Å². The molecule has 0 saturated heterocycles. The van der Waals surface area contributed by atoms with Crippen molar-refractivity contribution >= 4 is 21.9 Å². The molecule has 4 heteroatoms. The number of fused-ring (bicyclic) bond motifs is 6. The van der Waals surface area contributed by atoms with E-state index in [0.29, 0.717) is 17.5 Å². The third kappa shape index (κ3) is 4.95. The second kappa shape index (κ2) is 11.7. The Hall–Kier alpha value is -6.65. The molecule has 0 bridgehead atoms. The van der Waals surface area contributed by atoms with Crippen molar-refractivity contribution in [1.82, 2.24) is 15.0 Å². The highest BCUT2D eigenvalue weighted by molar-refractivity contribution is 6.08. The van der Waals surface area contributed by atoms with Crippen LogP contribution in [0.5, 0.6) is 0 Å². The van der Waals surface area contributed by atoms with Gasteiger partial charge in [0.05, 0.1) is 0 Å². The first kappa shape index (κ1) is 30.2. The van der Waals surface area contributed by atoms with E-state index in [-0.39, 0.29) is 5.41 Å². The first-order valence-corrected chi connectivity index (χ1v) is 17.7. The third-order valence-corrected chi connectivity index (χ3v) is 10.5. The van der Waals surface area contributed by atoms with Crippen LogP contribution in [-0.4, -0.2) is 15.0 Å². The summed E-state index contributed by atoms with van der Waals surface area (Å²) in [6, 6.07) is 57.3. The van der Waals surface area contributed by atoms with Gasteiger partial charge < -0.3 is 4.42 Å². The fourth-order valence-electron chi connectivity index (χ4n) is 7.78. The molecule has 0 saturated carbocycles. The van der Waals surface area contributed by atoms with Gasteiger partial charge in [-0.15, -0.1) is 0 Å². The molecule has 4 nitrogen and oxygen atoms in total. The Morgan fingerprint density at radius 3 is 1.63 bits per heavy atom. The molecule has 1 aliphatic rings. The van der Waals surface area contributed by atoms with E-state index in [1.165, 1.54) is 27.8 Å². The molecule has 52 heavy (non-hydrogen) atoms. The molecule has 246 valence electrons. The molecule has 7 aromatic carbocycles. The summed E-state index contributed by atoms with van der Waals surface area (Å²) < 4.78 is 6.30. The zero-order valence-electron chi connectivity index (χ0n) is 28.8. The molecule has 2 aromatic heterocycles. The number of aromatic nitrogens is 3. The number of para-hydroxylation sites is 1. The van der Waals surface area contributed by atoms with Gasteiger partial charge in [0.1, 0.15) is 11.2 Å². The van der Waals surface area contributed by atoms with Gasteiger partial charge in [-0.3, -0.25) is 0 Å². The summed E-state index contributed by atoms with van der Waals surface area (Å²) in [5, 5.41) is 2.30. The van der Waals surface area contributed by atoms with Gasteiger partial charge >= 0.3 is 0 Å². The lowest BCUT2D eigenvalue weighted by Gasteiger charge is -2.21. The van der Waals surface area contributed by atoms with Gasteiger partial charge in [0.15, 0.2) is 17.5 Å². The highest BCUT2D eigenvalue weighted by atomic mass is 16.3. The van der Waals surface area contributed by atoms with Crippen molar-refractivity contribution in [3.8, 4) is 67.5 Å². The third-order valence-electron chi connectivity index (χ3n) is 10.5. The summed E-state index contributed by atoms with van der Waals surface area (Å²) in [5.41, 5.74) is 14.3. The van der Waals surface area contributed by atoms with Gasteiger partial charge in [0.25, 0.3) is 0 Å². The first-order chi connectivity index (χ1) is 25.5. The predicted octanol–water partition coefficient (Wildman–Crippen LogP) is 12.4. The molecule has 0 unspecified atom stereocenters. The SMILES string of the molecule is CC1(C)c2ccc(-c3cccc(-c4nc(-c5ccccc5)nc(-c5ccc(-c6ccccc6)cc5)n4)c3)cc2-c2cc3c(cc21)oc1ccccc13. The maximum atomic E-state index is 6.30. The number of nitrogens with zero attached hydrogens (tertiary/aromatic N) is 3. The van der Waals surface area contributed by atoms with E-state index in [2.05, 4.69) is 129 Å². The normalized spacial score (nSPS) is 13.0. The molecule has 0 N–H and O–H groups in total. The Labute approximate surface area is 302 Å². The average Bonchev–Trinajstić information content (AvgIpc) is 3.68. The minimum atomic E-state index is -0.146. The van der Waals surface area contributed by atoms with E-state index < -0.39 is 0 Å². The van der Waals surface area contributed by atoms with Gasteiger partial charge in [-0.25, -0.2) is 15.0 Å². The van der Waals surface area contributed by atoms with Gasteiger partial charge in [-0.05, 0) is 74.8 Å². The van der Waals surface area contributed by atoms with Crippen molar-refractivity contribution in [3.05, 3.63) is 175 Å². The monoisotopic (exact) mass is 667 g/mol. The smallest absolute Gasteiger partial charge is 0.164 e. The molecule has 0 radical (unpaired) electrons. The summed E-state index contributed by atoms with van der Waals surface area (Å²) in [6.07, 6.45) is 0. The lowest BCUT2D eigenvalue weighted by molar-refractivity contribution is 0.647. The average molecular weight is 668 g/mol. The van der Waals surface area contributed by atoms with Gasteiger partial charge in [0, 0.05) is 32.9 Å². The maximum Gasteiger partial charge on any atom is 0.164 e. The lowest BCUT2D eigenvalue weighted by atomic mass is 9.82. The van der Waals surface area contributed by atoms with Crippen molar-refractivity contribution < 1.29 is 4.42 Å². The Balaban J connectivity index is 1.07. The maximum absolute atomic E-state index is 6.30. The molecule has 2 heterocycles. The summed E-state index contributed by atoms with van der Waals surface area (Å²) >= 11 is 0. The second-order valence-electron chi connectivity index (χ2n) is 14.1. The van der Waals surface area contributed by atoms with Crippen LogP contribution in [-0.2, 0) is 5.41 Å². The van der Waals surface area contributed by atoms with Crippen LogP contribution in [0.3, 0.4) is 0 Å². The number of hydrogen-bond donors (Lipinski definition) is 0. The fourth-order valence-corrected chi connectivity index (χ4v) is 7.78. The minimum absolute atomic E-state index is 0.146. The van der Waals surface area contributed by atoms with E-state index in [0.717, 1.165) is 55.3 Å². The molecular formula is C48H33N3O. The van der Waals surface area contributed by atoms with Gasteiger partial charge in [0.2, 0.25) is 0 Å². The van der Waals surface area contributed by atoms with Crippen LogP contribution in [0.2, 0.25) is 0 Å². The molecular weight excluding hydrogens is 635 g/mol. The second-order valence-corrected chi connectivity index (χ2v) is 14.1. The Morgan fingerprint density at radius 1 is 0.365 bits per heavy atom. The molecule has 0 aliphatic heterocycles. The van der Waals surface area contributed by atoms with Crippen LogP contribution in [0.25, 0.3) is 89.5 Å². The number of furan rings is 1.